The van der Waals surface area contributed by atoms with Gasteiger partial charge in [-0.3, -0.25) is 9.69 Å². The smallest absolute Gasteiger partial charge is 0.275 e. The number of nitrogens with zero attached hydrogens (tertiary/aromatic N) is 7. The highest BCUT2D eigenvalue weighted by atomic mass is 16.5. The summed E-state index contributed by atoms with van der Waals surface area (Å²) in [5, 5.41) is 9.43. The highest BCUT2D eigenvalue weighted by Crippen LogP contribution is 2.54. The third-order valence-corrected chi connectivity index (χ3v) is 11.7. The van der Waals surface area contributed by atoms with E-state index >= 15 is 0 Å². The van der Waals surface area contributed by atoms with Crippen LogP contribution in [0.2, 0.25) is 0 Å². The predicted octanol–water partition coefficient (Wildman–Crippen LogP) is 3.53. The van der Waals surface area contributed by atoms with Gasteiger partial charge in [0.05, 0.1) is 24.6 Å². The first kappa shape index (κ1) is 30.7. The van der Waals surface area contributed by atoms with Crippen LogP contribution in [-0.4, -0.2) is 85.6 Å². The Morgan fingerprint density at radius 2 is 2.02 bits per heavy atom. The van der Waals surface area contributed by atoms with Crippen LogP contribution in [0.1, 0.15) is 89.5 Å². The van der Waals surface area contributed by atoms with Crippen LogP contribution in [0.25, 0.3) is 17.3 Å². The molecule has 0 saturated carbocycles. The minimum absolute atomic E-state index is 0.0712. The van der Waals surface area contributed by atoms with Crippen molar-refractivity contribution in [3.05, 3.63) is 63.7 Å². The van der Waals surface area contributed by atoms with E-state index in [0.717, 1.165) is 86.0 Å². The molecule has 0 radical (unpaired) electrons. The topological polar surface area (TPSA) is 164 Å². The maximum atomic E-state index is 13.4. The maximum absolute atomic E-state index is 13.4. The van der Waals surface area contributed by atoms with Gasteiger partial charge in [-0.05, 0) is 94.6 Å². The standard InChI is InChI=1S/C36H43N9O4/c1-20(27-6-4-13-43(27)2)48-29-15-28(45-18-22-17-44(23-10-14-47-19-23)35(46)31(22)41-45)39-34(40-29)32-24-5-3-11-36(33(24)49-42-32)12-9-21-7-8-26(38)25(16-37)30(21)36/h7-8,15,18,20,23,27H,3-6,9-14,16-17,19,37-38H2,1-2H3/t20-,23-,27-,36-/m0/s1. The molecule has 5 aliphatic rings. The highest BCUT2D eigenvalue weighted by molar-refractivity contribution is 5.96. The number of ether oxygens (including phenoxy) is 2. The molecule has 4 atom stereocenters. The molecule has 256 valence electrons. The van der Waals surface area contributed by atoms with Gasteiger partial charge in [-0.1, -0.05) is 11.2 Å². The molecule has 1 aromatic carbocycles. The number of hydrogen-bond donors (Lipinski definition) is 2. The number of fused-ring (bicyclic) bond motifs is 5. The van der Waals surface area contributed by atoms with Crippen molar-refractivity contribution in [2.75, 3.05) is 32.5 Å². The Hall–Kier alpha value is -4.33. The fraction of sp³-hybridized carbons (Fsp3) is 0.528. The van der Waals surface area contributed by atoms with Crippen LogP contribution in [0.5, 0.6) is 5.88 Å². The van der Waals surface area contributed by atoms with Crippen LogP contribution in [0.4, 0.5) is 5.69 Å². The van der Waals surface area contributed by atoms with Crippen molar-refractivity contribution in [2.24, 2.45) is 5.73 Å². The van der Waals surface area contributed by atoms with Crippen LogP contribution in [0.15, 0.2) is 28.9 Å². The Kier molecular flexibility index (Phi) is 7.29. The number of nitrogens with two attached hydrogens (primary N) is 2. The maximum Gasteiger partial charge on any atom is 0.275 e. The van der Waals surface area contributed by atoms with Gasteiger partial charge in [0.1, 0.15) is 6.10 Å². The Morgan fingerprint density at radius 3 is 2.80 bits per heavy atom. The van der Waals surface area contributed by atoms with E-state index in [2.05, 4.69) is 30.1 Å². The van der Waals surface area contributed by atoms with Crippen LogP contribution in [0, 0.1) is 0 Å². The summed E-state index contributed by atoms with van der Waals surface area (Å²) in [7, 11) is 2.14. The van der Waals surface area contributed by atoms with Gasteiger partial charge in [0.25, 0.3) is 5.91 Å². The van der Waals surface area contributed by atoms with Crippen LogP contribution < -0.4 is 16.2 Å². The molecule has 1 amide bonds. The van der Waals surface area contributed by atoms with E-state index in [-0.39, 0.29) is 29.5 Å². The van der Waals surface area contributed by atoms with Gasteiger partial charge in [-0.15, -0.1) is 0 Å². The molecule has 0 bridgehead atoms. The van der Waals surface area contributed by atoms with Crippen LogP contribution in [-0.2, 0) is 36.1 Å². The number of benzene rings is 1. The first-order valence-electron chi connectivity index (χ1n) is 17.7. The van der Waals surface area contributed by atoms with Gasteiger partial charge in [0.15, 0.2) is 28.8 Å². The van der Waals surface area contributed by atoms with Crippen molar-refractivity contribution in [2.45, 2.75) is 95.0 Å². The van der Waals surface area contributed by atoms with Crippen molar-refractivity contribution in [1.82, 2.24) is 34.7 Å². The SMILES string of the molecule is C[C@H](Oc1cc(-n2cc3c(n2)C(=O)N([C@H]2CCOC2)C3)nc(-c2noc3c2CCC[C@@]32CCc3ccc(N)c(CN)c32)n1)[C@@H]1CCCN1C. The Bertz CT molecular complexity index is 1950. The molecule has 2 saturated heterocycles. The quantitative estimate of drug-likeness (QED) is 0.278. The van der Waals surface area contributed by atoms with Crippen molar-refractivity contribution in [1.29, 1.82) is 0 Å². The molecule has 4 aromatic rings. The zero-order chi connectivity index (χ0) is 33.4. The summed E-state index contributed by atoms with van der Waals surface area (Å²) in [6, 6.07) is 6.28. The third-order valence-electron chi connectivity index (χ3n) is 11.7. The summed E-state index contributed by atoms with van der Waals surface area (Å²) < 4.78 is 20.1. The van der Waals surface area contributed by atoms with Crippen LogP contribution >= 0.6 is 0 Å². The number of carbonyl (C=O) groups is 1. The molecule has 0 unspecified atom stereocenters. The molecule has 2 fully saturated rings. The monoisotopic (exact) mass is 665 g/mol. The minimum atomic E-state index is -0.337. The highest BCUT2D eigenvalue weighted by Gasteiger charge is 2.49. The summed E-state index contributed by atoms with van der Waals surface area (Å²) in [4.78, 5) is 27.6. The molecule has 2 aliphatic carbocycles. The molecule has 13 heteroatoms. The zero-order valence-corrected chi connectivity index (χ0v) is 28.2. The molecule has 3 aliphatic heterocycles. The van der Waals surface area contributed by atoms with Crippen molar-refractivity contribution >= 4 is 11.6 Å². The molecule has 4 N–H and O–H groups in total. The third kappa shape index (κ3) is 4.80. The van der Waals surface area contributed by atoms with Gasteiger partial charge >= 0.3 is 0 Å². The fourth-order valence-corrected chi connectivity index (χ4v) is 9.23. The minimum Gasteiger partial charge on any atom is -0.473 e. The number of aryl methyl sites for hydroxylation is 1. The summed E-state index contributed by atoms with van der Waals surface area (Å²) in [5.41, 5.74) is 19.6. The molecule has 3 aromatic heterocycles. The number of anilines is 1. The molecule has 9 rings (SSSR count). The fourth-order valence-electron chi connectivity index (χ4n) is 9.23. The van der Waals surface area contributed by atoms with Gasteiger partial charge in [0, 0.05) is 48.3 Å². The zero-order valence-electron chi connectivity index (χ0n) is 28.2. The number of amides is 1. The number of aromatic nitrogens is 5. The number of hydrogen-bond acceptors (Lipinski definition) is 11. The predicted molar refractivity (Wildman–Crippen MR) is 180 cm³/mol. The second kappa shape index (κ2) is 11.6. The van der Waals surface area contributed by atoms with Crippen molar-refractivity contribution < 1.29 is 18.8 Å². The summed E-state index contributed by atoms with van der Waals surface area (Å²) in [5.74, 6) is 2.16. The normalized spacial score (nSPS) is 25.3. The second-order valence-corrected chi connectivity index (χ2v) is 14.4. The number of likely N-dealkylation sites (tertiary alicyclic amines) is 1. The number of nitrogen functional groups attached to an aromatic ring is 1. The van der Waals surface area contributed by atoms with E-state index in [1.165, 1.54) is 11.1 Å². The lowest BCUT2D eigenvalue weighted by atomic mass is 9.68. The van der Waals surface area contributed by atoms with E-state index in [0.29, 0.717) is 55.2 Å². The lowest BCUT2D eigenvalue weighted by Gasteiger charge is -2.34. The molecule has 1 spiro atoms. The molecular weight excluding hydrogens is 622 g/mol. The average molecular weight is 666 g/mol. The first-order valence-corrected chi connectivity index (χ1v) is 17.7. The largest absolute Gasteiger partial charge is 0.473 e. The van der Waals surface area contributed by atoms with E-state index in [1.807, 2.05) is 23.2 Å². The lowest BCUT2D eigenvalue weighted by molar-refractivity contribution is 0.0672. The van der Waals surface area contributed by atoms with Gasteiger partial charge in [-0.2, -0.15) is 10.1 Å². The van der Waals surface area contributed by atoms with E-state index < -0.39 is 0 Å². The lowest BCUT2D eigenvalue weighted by Crippen LogP contribution is -2.38. The van der Waals surface area contributed by atoms with E-state index in [9.17, 15) is 4.79 Å². The second-order valence-electron chi connectivity index (χ2n) is 14.4. The number of rotatable bonds is 7. The first-order chi connectivity index (χ1) is 23.8. The van der Waals surface area contributed by atoms with Crippen LogP contribution in [0.3, 0.4) is 0 Å². The van der Waals surface area contributed by atoms with Gasteiger partial charge in [0.2, 0.25) is 5.88 Å². The van der Waals surface area contributed by atoms with Gasteiger partial charge < -0.3 is 30.4 Å². The summed E-state index contributed by atoms with van der Waals surface area (Å²) in [6.45, 7) is 5.25. The molecule has 13 nitrogen and oxygen atoms in total. The summed E-state index contributed by atoms with van der Waals surface area (Å²) in [6.07, 6.45) is 9.39. The molecule has 6 heterocycles. The molecular formula is C36H43N9O4. The van der Waals surface area contributed by atoms with Crippen molar-refractivity contribution in [3.63, 3.8) is 0 Å². The Balaban J connectivity index is 1.12. The van der Waals surface area contributed by atoms with Crippen molar-refractivity contribution in [3.8, 4) is 23.2 Å². The average Bonchev–Trinajstić information content (AvgIpc) is 3.95. The van der Waals surface area contributed by atoms with Gasteiger partial charge in [-0.25, -0.2) is 9.67 Å². The number of likely N-dealkylation sites (N-methyl/N-ethyl adjacent to an activating group) is 1. The Morgan fingerprint density at radius 1 is 1.12 bits per heavy atom. The van der Waals surface area contributed by atoms with E-state index in [1.54, 1.807) is 4.68 Å². The summed E-state index contributed by atoms with van der Waals surface area (Å²) >= 11 is 0. The van der Waals surface area contributed by atoms with E-state index in [4.69, 9.17) is 40.5 Å². The molecule has 49 heavy (non-hydrogen) atoms. The Labute approximate surface area is 284 Å². The number of carbonyl (C=O) groups excluding carboxylic acids is 1.